The van der Waals surface area contributed by atoms with E-state index in [2.05, 4.69) is 5.32 Å². The first-order valence-corrected chi connectivity index (χ1v) is 6.69. The third-order valence-electron chi connectivity index (χ3n) is 3.67. The van der Waals surface area contributed by atoms with Gasteiger partial charge in [-0.25, -0.2) is 0 Å². The number of rotatable bonds is 6. The first-order chi connectivity index (χ1) is 8.59. The zero-order valence-corrected chi connectivity index (χ0v) is 11.6. The summed E-state index contributed by atoms with van der Waals surface area (Å²) in [7, 11) is 1.65. The lowest BCUT2D eigenvalue weighted by molar-refractivity contribution is -0.139. The molecule has 5 nitrogen and oxygen atoms in total. The maximum atomic E-state index is 12.5. The molecule has 0 spiro atoms. The molecule has 0 aromatic heterocycles. The Bertz CT molecular complexity index is 301. The van der Waals surface area contributed by atoms with E-state index in [1.54, 1.807) is 12.0 Å². The summed E-state index contributed by atoms with van der Waals surface area (Å²) < 4.78 is 5.00. The van der Waals surface area contributed by atoms with E-state index >= 15 is 0 Å². The highest BCUT2D eigenvalue weighted by molar-refractivity contribution is 5.93. The highest BCUT2D eigenvalue weighted by Crippen LogP contribution is 2.21. The Morgan fingerprint density at radius 2 is 2.00 bits per heavy atom. The van der Waals surface area contributed by atoms with Crippen LogP contribution in [-0.4, -0.2) is 49.1 Å². The molecule has 0 radical (unpaired) electrons. The molecule has 0 unspecified atom stereocenters. The summed E-state index contributed by atoms with van der Waals surface area (Å²) >= 11 is 0. The average Bonchev–Trinajstić information content (AvgIpc) is 2.50. The predicted octanol–water partition coefficient (Wildman–Crippen LogP) is 0.930. The predicted molar refractivity (Wildman–Crippen MR) is 69.1 cm³/mol. The molecule has 0 atom stereocenters. The molecule has 0 bridgehead atoms. The number of nitrogens with zero attached hydrogens (tertiary/aromatic N) is 1. The van der Waals surface area contributed by atoms with Crippen molar-refractivity contribution in [2.75, 3.05) is 26.8 Å². The van der Waals surface area contributed by atoms with Crippen LogP contribution in [0.15, 0.2) is 0 Å². The number of carbonyl (C=O) groups excluding carboxylic acids is 2. The summed E-state index contributed by atoms with van der Waals surface area (Å²) in [6.45, 7) is 5.69. The van der Waals surface area contributed by atoms with Crippen molar-refractivity contribution in [2.45, 2.75) is 45.1 Å². The van der Waals surface area contributed by atoms with Gasteiger partial charge in [0.15, 0.2) is 0 Å². The molecular formula is C13H24N2O3. The standard InChI is InChI=1S/C13H24N2O3/c1-4-13(5-2)12(17)15(8-6-10-18-3)9-7-11(16)14-13/h4-10H2,1-3H3,(H,14,16). The summed E-state index contributed by atoms with van der Waals surface area (Å²) in [5.74, 6) is 0.0238. The molecule has 0 aliphatic carbocycles. The van der Waals surface area contributed by atoms with Crippen LogP contribution in [0.5, 0.6) is 0 Å². The van der Waals surface area contributed by atoms with E-state index in [1.165, 1.54) is 0 Å². The Morgan fingerprint density at radius 1 is 1.33 bits per heavy atom. The molecule has 1 aliphatic heterocycles. The lowest BCUT2D eigenvalue weighted by atomic mass is 9.91. The van der Waals surface area contributed by atoms with Gasteiger partial charge in [-0.1, -0.05) is 13.8 Å². The number of methoxy groups -OCH3 is 1. The van der Waals surface area contributed by atoms with Gasteiger partial charge in [-0.2, -0.15) is 0 Å². The van der Waals surface area contributed by atoms with Gasteiger partial charge in [-0.3, -0.25) is 9.59 Å². The minimum absolute atomic E-state index is 0.0266. The Hall–Kier alpha value is -1.10. The molecule has 0 saturated carbocycles. The Morgan fingerprint density at radius 3 is 2.56 bits per heavy atom. The van der Waals surface area contributed by atoms with Crippen molar-refractivity contribution < 1.29 is 14.3 Å². The minimum atomic E-state index is -0.708. The topological polar surface area (TPSA) is 58.6 Å². The molecule has 2 amide bonds. The monoisotopic (exact) mass is 256 g/mol. The Balaban J connectivity index is 2.79. The number of hydrogen-bond acceptors (Lipinski definition) is 3. The first kappa shape index (κ1) is 15.0. The van der Waals surface area contributed by atoms with Crippen molar-refractivity contribution in [3.8, 4) is 0 Å². The Kier molecular flexibility index (Phi) is 5.59. The van der Waals surface area contributed by atoms with Gasteiger partial charge < -0.3 is 15.0 Å². The molecular weight excluding hydrogens is 232 g/mol. The average molecular weight is 256 g/mol. The van der Waals surface area contributed by atoms with E-state index in [9.17, 15) is 9.59 Å². The van der Waals surface area contributed by atoms with Crippen LogP contribution in [0, 0.1) is 0 Å². The van der Waals surface area contributed by atoms with Crippen LogP contribution in [-0.2, 0) is 14.3 Å². The van der Waals surface area contributed by atoms with Gasteiger partial charge in [0.05, 0.1) is 0 Å². The smallest absolute Gasteiger partial charge is 0.248 e. The van der Waals surface area contributed by atoms with E-state index in [1.807, 2.05) is 13.8 Å². The number of ether oxygens (including phenoxy) is 1. The fourth-order valence-corrected chi connectivity index (χ4v) is 2.37. The van der Waals surface area contributed by atoms with E-state index in [0.29, 0.717) is 39.0 Å². The quantitative estimate of drug-likeness (QED) is 0.719. The van der Waals surface area contributed by atoms with Gasteiger partial charge in [-0.05, 0) is 19.3 Å². The van der Waals surface area contributed by atoms with E-state index in [-0.39, 0.29) is 11.8 Å². The molecule has 104 valence electrons. The highest BCUT2D eigenvalue weighted by atomic mass is 16.5. The van der Waals surface area contributed by atoms with Gasteiger partial charge in [0.25, 0.3) is 0 Å². The van der Waals surface area contributed by atoms with E-state index in [4.69, 9.17) is 4.74 Å². The second-order valence-corrected chi connectivity index (χ2v) is 4.73. The summed E-state index contributed by atoms with van der Waals surface area (Å²) in [5.41, 5.74) is -0.708. The summed E-state index contributed by atoms with van der Waals surface area (Å²) in [6.07, 6.45) is 2.46. The number of hydrogen-bond donors (Lipinski definition) is 1. The van der Waals surface area contributed by atoms with Gasteiger partial charge in [0.2, 0.25) is 11.8 Å². The summed E-state index contributed by atoms with van der Waals surface area (Å²) in [5, 5.41) is 2.90. The van der Waals surface area contributed by atoms with Gasteiger partial charge in [0.1, 0.15) is 5.54 Å². The highest BCUT2D eigenvalue weighted by Gasteiger charge is 2.41. The maximum absolute atomic E-state index is 12.5. The number of nitrogens with one attached hydrogen (secondary N) is 1. The third kappa shape index (κ3) is 3.22. The lowest BCUT2D eigenvalue weighted by Crippen LogP contribution is -2.56. The lowest BCUT2D eigenvalue weighted by Gasteiger charge is -2.33. The number of amides is 2. The second kappa shape index (κ2) is 6.73. The van der Waals surface area contributed by atoms with Crippen molar-refractivity contribution in [2.24, 2.45) is 0 Å². The molecule has 1 fully saturated rings. The Labute approximate surface area is 109 Å². The van der Waals surface area contributed by atoms with Gasteiger partial charge in [-0.15, -0.1) is 0 Å². The molecule has 1 N–H and O–H groups in total. The molecule has 18 heavy (non-hydrogen) atoms. The van der Waals surface area contributed by atoms with Crippen LogP contribution in [0.1, 0.15) is 39.5 Å². The van der Waals surface area contributed by atoms with Crippen LogP contribution >= 0.6 is 0 Å². The second-order valence-electron chi connectivity index (χ2n) is 4.73. The third-order valence-corrected chi connectivity index (χ3v) is 3.67. The molecule has 1 saturated heterocycles. The van der Waals surface area contributed by atoms with Crippen LogP contribution in [0.25, 0.3) is 0 Å². The molecule has 0 aromatic rings. The van der Waals surface area contributed by atoms with Crippen LogP contribution in [0.3, 0.4) is 0 Å². The first-order valence-electron chi connectivity index (χ1n) is 6.69. The van der Waals surface area contributed by atoms with Crippen molar-refractivity contribution >= 4 is 11.8 Å². The molecule has 1 rings (SSSR count). The SMILES string of the molecule is CCC1(CC)NC(=O)CCN(CCCOC)C1=O. The van der Waals surface area contributed by atoms with E-state index in [0.717, 1.165) is 6.42 Å². The zero-order chi connectivity index (χ0) is 13.6. The summed E-state index contributed by atoms with van der Waals surface area (Å²) in [4.78, 5) is 26.1. The number of carbonyl (C=O) groups is 2. The summed E-state index contributed by atoms with van der Waals surface area (Å²) in [6, 6.07) is 0. The molecule has 5 heteroatoms. The van der Waals surface area contributed by atoms with Crippen LogP contribution in [0.2, 0.25) is 0 Å². The largest absolute Gasteiger partial charge is 0.385 e. The minimum Gasteiger partial charge on any atom is -0.385 e. The van der Waals surface area contributed by atoms with Crippen LogP contribution < -0.4 is 5.32 Å². The van der Waals surface area contributed by atoms with Gasteiger partial charge >= 0.3 is 0 Å². The van der Waals surface area contributed by atoms with Crippen molar-refractivity contribution in [1.82, 2.24) is 10.2 Å². The van der Waals surface area contributed by atoms with E-state index < -0.39 is 5.54 Å². The molecule has 1 heterocycles. The van der Waals surface area contributed by atoms with Crippen molar-refractivity contribution in [3.05, 3.63) is 0 Å². The zero-order valence-electron chi connectivity index (χ0n) is 11.6. The van der Waals surface area contributed by atoms with Crippen LogP contribution in [0.4, 0.5) is 0 Å². The fourth-order valence-electron chi connectivity index (χ4n) is 2.37. The maximum Gasteiger partial charge on any atom is 0.248 e. The van der Waals surface area contributed by atoms with Crippen molar-refractivity contribution in [1.29, 1.82) is 0 Å². The van der Waals surface area contributed by atoms with Crippen molar-refractivity contribution in [3.63, 3.8) is 0 Å². The fraction of sp³-hybridized carbons (Fsp3) is 0.846. The molecule has 0 aromatic carbocycles. The van der Waals surface area contributed by atoms with Gasteiger partial charge in [0, 0.05) is 33.2 Å². The normalized spacial score (nSPS) is 19.6. The molecule has 1 aliphatic rings.